The lowest BCUT2D eigenvalue weighted by Gasteiger charge is -2.15. The Labute approximate surface area is 158 Å². The Balaban J connectivity index is 1.85. The molecule has 0 fully saturated rings. The fourth-order valence-corrected chi connectivity index (χ4v) is 4.04. The molecule has 3 aromatic rings. The van der Waals surface area contributed by atoms with Gasteiger partial charge in [-0.15, -0.1) is 0 Å². The normalized spacial score (nSPS) is 11.9. The van der Waals surface area contributed by atoms with E-state index in [1.54, 1.807) is 19.1 Å². The van der Waals surface area contributed by atoms with Gasteiger partial charge in [0.25, 0.3) is 0 Å². The van der Waals surface area contributed by atoms with E-state index in [-0.39, 0.29) is 17.3 Å². The number of hydrogen-bond donors (Lipinski definition) is 1. The Morgan fingerprint density at radius 1 is 1.15 bits per heavy atom. The summed E-state index contributed by atoms with van der Waals surface area (Å²) in [5, 5.41) is 2.78. The highest BCUT2D eigenvalue weighted by Crippen LogP contribution is 2.23. The first-order chi connectivity index (χ1) is 12.7. The minimum atomic E-state index is -3.58. The molecule has 0 saturated carbocycles. The predicted molar refractivity (Wildman–Crippen MR) is 105 cm³/mol. The van der Waals surface area contributed by atoms with E-state index >= 15 is 0 Å². The van der Waals surface area contributed by atoms with Crippen molar-refractivity contribution < 1.29 is 13.2 Å². The van der Waals surface area contributed by atoms with Crippen molar-refractivity contribution in [3.63, 3.8) is 0 Å². The average Bonchev–Trinajstić information content (AvgIpc) is 2.92. The van der Waals surface area contributed by atoms with Crippen molar-refractivity contribution in [2.24, 2.45) is 0 Å². The first-order valence-corrected chi connectivity index (χ1v) is 9.89. The average molecular weight is 386 g/mol. The third kappa shape index (κ3) is 3.72. The van der Waals surface area contributed by atoms with Crippen molar-refractivity contribution in [3.8, 4) is 0 Å². The number of hydrogen-bond acceptors (Lipinski definition) is 4. The Bertz CT molecular complexity index is 1120. The first-order valence-electron chi connectivity index (χ1n) is 8.45. The molecule has 2 aromatic carbocycles. The van der Waals surface area contributed by atoms with Crippen molar-refractivity contribution in [2.45, 2.75) is 25.3 Å². The second kappa shape index (κ2) is 7.13. The molecule has 0 aliphatic carbocycles. The second-order valence-corrected chi connectivity index (χ2v) is 8.67. The van der Waals surface area contributed by atoms with Gasteiger partial charge in [-0.2, -0.15) is 0 Å². The molecule has 0 saturated heterocycles. The molecule has 1 amide bonds. The number of carbonyl (C=O) groups excluding carboxylic acids is 1. The van der Waals surface area contributed by atoms with Crippen LogP contribution >= 0.6 is 0 Å². The lowest BCUT2D eigenvalue weighted by atomic mass is 10.2. The Morgan fingerprint density at radius 2 is 1.85 bits per heavy atom. The maximum absolute atomic E-state index is 12.5. The van der Waals surface area contributed by atoms with Crippen LogP contribution in [0.25, 0.3) is 11.0 Å². The van der Waals surface area contributed by atoms with Crippen LogP contribution in [0.3, 0.4) is 0 Å². The highest BCUT2D eigenvalue weighted by Gasteiger charge is 2.20. The fraction of sp³-hybridized carbons (Fsp3) is 0.263. The lowest BCUT2D eigenvalue weighted by molar-refractivity contribution is -0.116. The summed E-state index contributed by atoms with van der Waals surface area (Å²) in [6.07, 6.45) is 0. The van der Waals surface area contributed by atoms with Crippen molar-refractivity contribution >= 4 is 32.7 Å². The van der Waals surface area contributed by atoms with E-state index in [2.05, 4.69) is 10.3 Å². The quantitative estimate of drug-likeness (QED) is 0.730. The summed E-state index contributed by atoms with van der Waals surface area (Å²) in [6, 6.07) is 12.5. The zero-order valence-electron chi connectivity index (χ0n) is 15.7. The van der Waals surface area contributed by atoms with Crippen molar-refractivity contribution in [2.75, 3.05) is 19.4 Å². The van der Waals surface area contributed by atoms with Crippen LogP contribution in [0.5, 0.6) is 0 Å². The van der Waals surface area contributed by atoms with E-state index in [0.29, 0.717) is 11.3 Å². The summed E-state index contributed by atoms with van der Waals surface area (Å²) in [5.41, 5.74) is 2.77. The molecule has 0 bridgehead atoms. The molecule has 0 aliphatic rings. The zero-order valence-corrected chi connectivity index (χ0v) is 16.5. The Morgan fingerprint density at radius 3 is 2.56 bits per heavy atom. The Kier molecular flexibility index (Phi) is 5.03. The molecular weight excluding hydrogens is 364 g/mol. The third-order valence-electron chi connectivity index (χ3n) is 4.38. The molecule has 1 aromatic heterocycles. The standard InChI is InChI=1S/C19H22N4O3S/c1-13-9-10-15(11-18(13)27(25,26)22(3)4)21-19(24)12-23-14(2)20-16-7-5-6-8-17(16)23/h5-11H,12H2,1-4H3,(H,21,24). The molecule has 1 N–H and O–H groups in total. The van der Waals surface area contributed by atoms with E-state index < -0.39 is 10.0 Å². The van der Waals surface area contributed by atoms with E-state index in [0.717, 1.165) is 21.2 Å². The SMILES string of the molecule is Cc1ccc(NC(=O)Cn2c(C)nc3ccccc32)cc1S(=O)(=O)N(C)C. The largest absolute Gasteiger partial charge is 0.324 e. The number of amides is 1. The number of aromatic nitrogens is 2. The molecule has 3 rings (SSSR count). The number of sulfonamides is 1. The van der Waals surface area contributed by atoms with Crippen molar-refractivity contribution in [3.05, 3.63) is 53.9 Å². The first kappa shape index (κ1) is 19.1. The number of aryl methyl sites for hydroxylation is 2. The lowest BCUT2D eigenvalue weighted by Crippen LogP contribution is -2.24. The van der Waals surface area contributed by atoms with Crippen LogP contribution in [-0.2, 0) is 21.4 Å². The molecule has 0 unspecified atom stereocenters. The molecule has 0 spiro atoms. The van der Waals surface area contributed by atoms with Gasteiger partial charge < -0.3 is 9.88 Å². The monoisotopic (exact) mass is 386 g/mol. The van der Waals surface area contributed by atoms with E-state index in [4.69, 9.17) is 0 Å². The molecule has 27 heavy (non-hydrogen) atoms. The molecule has 142 valence electrons. The summed E-state index contributed by atoms with van der Waals surface area (Å²) >= 11 is 0. The minimum Gasteiger partial charge on any atom is -0.324 e. The van der Waals surface area contributed by atoms with Gasteiger partial charge in [0.2, 0.25) is 15.9 Å². The van der Waals surface area contributed by atoms with Gasteiger partial charge in [0.15, 0.2) is 0 Å². The number of fused-ring (bicyclic) bond motifs is 1. The van der Waals surface area contributed by atoms with Crippen LogP contribution in [-0.4, -0.2) is 42.3 Å². The molecule has 8 heteroatoms. The maximum Gasteiger partial charge on any atom is 0.244 e. The van der Waals surface area contributed by atoms with Crippen molar-refractivity contribution in [1.29, 1.82) is 0 Å². The maximum atomic E-state index is 12.5. The minimum absolute atomic E-state index is 0.0932. The van der Waals surface area contributed by atoms with E-state index in [1.165, 1.54) is 20.2 Å². The summed E-state index contributed by atoms with van der Waals surface area (Å²) in [4.78, 5) is 17.2. The van der Waals surface area contributed by atoms with Crippen LogP contribution in [0.15, 0.2) is 47.4 Å². The zero-order chi connectivity index (χ0) is 19.8. The third-order valence-corrected chi connectivity index (χ3v) is 6.33. The summed E-state index contributed by atoms with van der Waals surface area (Å²) in [5.74, 6) is 0.490. The number of nitrogens with zero attached hydrogens (tertiary/aromatic N) is 3. The van der Waals surface area contributed by atoms with Gasteiger partial charge in [0, 0.05) is 19.8 Å². The van der Waals surface area contributed by atoms with E-state index in [1.807, 2.05) is 35.8 Å². The molecule has 0 aliphatic heterocycles. The summed E-state index contributed by atoms with van der Waals surface area (Å²) < 4.78 is 27.9. The Hall–Kier alpha value is -2.71. The highest BCUT2D eigenvalue weighted by atomic mass is 32.2. The number of nitrogens with one attached hydrogen (secondary N) is 1. The van der Waals surface area contributed by atoms with Gasteiger partial charge in [-0.25, -0.2) is 17.7 Å². The second-order valence-electron chi connectivity index (χ2n) is 6.55. The van der Waals surface area contributed by atoms with Gasteiger partial charge in [0.1, 0.15) is 12.4 Å². The number of benzene rings is 2. The van der Waals surface area contributed by atoms with Crippen LogP contribution < -0.4 is 5.32 Å². The number of imidazole rings is 1. The molecule has 7 nitrogen and oxygen atoms in total. The van der Waals surface area contributed by atoms with Crippen molar-refractivity contribution in [1.82, 2.24) is 13.9 Å². The number of carbonyl (C=O) groups is 1. The smallest absolute Gasteiger partial charge is 0.244 e. The van der Waals surface area contributed by atoms with Gasteiger partial charge in [0.05, 0.1) is 15.9 Å². The van der Waals surface area contributed by atoms with Gasteiger partial charge in [-0.3, -0.25) is 4.79 Å². The van der Waals surface area contributed by atoms with E-state index in [9.17, 15) is 13.2 Å². The fourth-order valence-electron chi connectivity index (χ4n) is 2.89. The van der Waals surface area contributed by atoms with Crippen LogP contribution in [0.4, 0.5) is 5.69 Å². The highest BCUT2D eigenvalue weighted by molar-refractivity contribution is 7.89. The van der Waals surface area contributed by atoms with Gasteiger partial charge in [-0.05, 0) is 43.7 Å². The van der Waals surface area contributed by atoms with Gasteiger partial charge in [-0.1, -0.05) is 18.2 Å². The van der Waals surface area contributed by atoms with Gasteiger partial charge >= 0.3 is 0 Å². The number of para-hydroxylation sites is 2. The molecule has 0 radical (unpaired) electrons. The molecule has 0 atom stereocenters. The number of anilines is 1. The predicted octanol–water partition coefficient (Wildman–Crippen LogP) is 2.54. The van der Waals surface area contributed by atoms with Crippen LogP contribution in [0, 0.1) is 13.8 Å². The summed E-state index contributed by atoms with van der Waals surface area (Å²) in [6.45, 7) is 3.67. The number of rotatable bonds is 5. The van der Waals surface area contributed by atoms with Crippen LogP contribution in [0.1, 0.15) is 11.4 Å². The molecule has 1 heterocycles. The van der Waals surface area contributed by atoms with Crippen LogP contribution in [0.2, 0.25) is 0 Å². The summed E-state index contributed by atoms with van der Waals surface area (Å²) in [7, 11) is -0.626. The molecular formula is C19H22N4O3S. The topological polar surface area (TPSA) is 84.3 Å².